The lowest BCUT2D eigenvalue weighted by Gasteiger charge is -2.32. The Hall–Kier alpha value is -1.43. The molecule has 0 unspecified atom stereocenters. The third kappa shape index (κ3) is 6.56. The smallest absolute Gasteiger partial charge is 0.264 e. The molecule has 0 spiro atoms. The van der Waals surface area contributed by atoms with E-state index in [9.17, 15) is 8.42 Å². The summed E-state index contributed by atoms with van der Waals surface area (Å²) in [5, 5.41) is 0. The van der Waals surface area contributed by atoms with Crippen LogP contribution in [0.3, 0.4) is 0 Å². The molecule has 0 radical (unpaired) electrons. The van der Waals surface area contributed by atoms with Gasteiger partial charge in [0.15, 0.2) is 0 Å². The van der Waals surface area contributed by atoms with Crippen LogP contribution in [0.25, 0.3) is 0 Å². The van der Waals surface area contributed by atoms with Crippen LogP contribution in [-0.4, -0.2) is 38.8 Å². The minimum absolute atomic E-state index is 0.0361. The first-order valence-corrected chi connectivity index (χ1v) is 9.08. The Morgan fingerprint density at radius 1 is 1.18 bits per heavy atom. The average Bonchev–Trinajstić information content (AvgIpc) is 2.44. The normalized spacial score (nSPS) is 14.5. The van der Waals surface area contributed by atoms with E-state index < -0.39 is 16.2 Å². The van der Waals surface area contributed by atoms with E-state index in [0.717, 1.165) is 11.8 Å². The molecule has 0 aliphatic rings. The van der Waals surface area contributed by atoms with Gasteiger partial charge in [-0.15, -0.1) is 13.2 Å². The highest BCUT2D eigenvalue weighted by Gasteiger charge is 2.23. The van der Waals surface area contributed by atoms with Crippen LogP contribution in [0.2, 0.25) is 0 Å². The Balaban J connectivity index is 3.00. The number of benzene rings is 1. The van der Waals surface area contributed by atoms with E-state index in [4.69, 9.17) is 4.18 Å². The zero-order chi connectivity index (χ0) is 16.6. The van der Waals surface area contributed by atoms with Gasteiger partial charge in [-0.3, -0.25) is 9.08 Å². The first-order valence-electron chi connectivity index (χ1n) is 7.26. The van der Waals surface area contributed by atoms with Crippen LogP contribution in [-0.2, 0) is 14.3 Å². The van der Waals surface area contributed by atoms with Gasteiger partial charge in [0.1, 0.15) is 0 Å². The zero-order valence-corrected chi connectivity index (χ0v) is 14.1. The second-order valence-electron chi connectivity index (χ2n) is 5.30. The molecule has 122 valence electrons. The first-order chi connectivity index (χ1) is 10.4. The quantitative estimate of drug-likeness (QED) is 0.490. The van der Waals surface area contributed by atoms with Gasteiger partial charge in [-0.25, -0.2) is 0 Å². The number of hydrogen-bond donors (Lipinski definition) is 0. The van der Waals surface area contributed by atoms with Crippen molar-refractivity contribution in [1.29, 1.82) is 0 Å². The van der Waals surface area contributed by atoms with E-state index in [1.165, 1.54) is 0 Å². The topological polar surface area (TPSA) is 46.6 Å². The van der Waals surface area contributed by atoms with Crippen LogP contribution in [0.4, 0.5) is 0 Å². The third-order valence-electron chi connectivity index (χ3n) is 3.25. The van der Waals surface area contributed by atoms with E-state index in [1.807, 2.05) is 42.5 Å². The molecule has 0 saturated carbocycles. The molecule has 0 aliphatic carbocycles. The summed E-state index contributed by atoms with van der Waals surface area (Å²) in [5.41, 5.74) is 1.12. The third-order valence-corrected chi connectivity index (χ3v) is 3.92. The fourth-order valence-electron chi connectivity index (χ4n) is 2.48. The van der Waals surface area contributed by atoms with E-state index in [2.05, 4.69) is 18.1 Å². The highest BCUT2D eigenvalue weighted by molar-refractivity contribution is 7.86. The summed E-state index contributed by atoms with van der Waals surface area (Å²) in [7, 11) is -3.46. The van der Waals surface area contributed by atoms with Crippen molar-refractivity contribution in [3.8, 4) is 0 Å². The number of rotatable bonds is 10. The van der Waals surface area contributed by atoms with Gasteiger partial charge < -0.3 is 0 Å². The first kappa shape index (κ1) is 18.6. The monoisotopic (exact) mass is 323 g/mol. The van der Waals surface area contributed by atoms with Crippen LogP contribution in [0.5, 0.6) is 0 Å². The molecular formula is C17H25NO3S. The second-order valence-corrected chi connectivity index (χ2v) is 6.91. The fourth-order valence-corrected chi connectivity index (χ4v) is 3.16. The largest absolute Gasteiger partial charge is 0.289 e. The molecule has 0 fully saturated rings. The predicted octanol–water partition coefficient (Wildman–Crippen LogP) is 3.16. The lowest BCUT2D eigenvalue weighted by molar-refractivity contribution is 0.148. The van der Waals surface area contributed by atoms with Crippen molar-refractivity contribution in [2.24, 2.45) is 0 Å². The Morgan fingerprint density at radius 2 is 1.73 bits per heavy atom. The zero-order valence-electron chi connectivity index (χ0n) is 13.3. The summed E-state index contributed by atoms with van der Waals surface area (Å²) in [6, 6.07) is 10.0. The molecule has 0 aliphatic heterocycles. The van der Waals surface area contributed by atoms with Crippen LogP contribution >= 0.6 is 0 Å². The summed E-state index contributed by atoms with van der Waals surface area (Å²) in [6.45, 7) is 10.7. The van der Waals surface area contributed by atoms with Crippen molar-refractivity contribution in [1.82, 2.24) is 4.90 Å². The van der Waals surface area contributed by atoms with Gasteiger partial charge in [0.25, 0.3) is 10.1 Å². The van der Waals surface area contributed by atoms with Crippen molar-refractivity contribution in [2.45, 2.75) is 25.5 Å². The summed E-state index contributed by atoms with van der Waals surface area (Å²) in [4.78, 5) is 2.19. The van der Waals surface area contributed by atoms with E-state index in [1.54, 1.807) is 6.92 Å². The van der Waals surface area contributed by atoms with Crippen molar-refractivity contribution < 1.29 is 12.6 Å². The number of hydrogen-bond acceptors (Lipinski definition) is 4. The van der Waals surface area contributed by atoms with Gasteiger partial charge in [0.05, 0.1) is 12.4 Å². The average molecular weight is 323 g/mol. The molecule has 4 nitrogen and oxygen atoms in total. The minimum Gasteiger partial charge on any atom is -0.289 e. The highest BCUT2D eigenvalue weighted by atomic mass is 32.2. The molecule has 1 aromatic rings. The maximum absolute atomic E-state index is 11.3. The van der Waals surface area contributed by atoms with Crippen molar-refractivity contribution in [3.63, 3.8) is 0 Å². The number of nitrogens with zero attached hydrogens (tertiary/aromatic N) is 1. The fraction of sp³-hybridized carbons (Fsp3) is 0.412. The van der Waals surface area contributed by atoms with Gasteiger partial charge in [-0.1, -0.05) is 42.5 Å². The Bertz CT molecular complexity index is 559. The van der Waals surface area contributed by atoms with Gasteiger partial charge >= 0.3 is 0 Å². The molecule has 0 saturated heterocycles. The molecule has 0 aromatic heterocycles. The maximum Gasteiger partial charge on any atom is 0.264 e. The Morgan fingerprint density at radius 3 is 2.18 bits per heavy atom. The molecule has 22 heavy (non-hydrogen) atoms. The van der Waals surface area contributed by atoms with Crippen molar-refractivity contribution in [3.05, 3.63) is 61.2 Å². The molecule has 5 heteroatoms. The lowest BCUT2D eigenvalue weighted by atomic mass is 9.99. The second kappa shape index (κ2) is 8.88. The molecular weight excluding hydrogens is 298 g/mol. The van der Waals surface area contributed by atoms with Crippen molar-refractivity contribution >= 4 is 10.1 Å². The molecule has 1 aromatic carbocycles. The summed E-state index contributed by atoms with van der Waals surface area (Å²) < 4.78 is 27.7. The predicted molar refractivity (Wildman–Crippen MR) is 91.2 cm³/mol. The lowest BCUT2D eigenvalue weighted by Crippen LogP contribution is -2.32. The maximum atomic E-state index is 11.3. The SMILES string of the molecule is C=CCN(CC=C)[C@@H](C[C@@H](C)OS(C)(=O)=O)c1ccccc1. The van der Waals surface area contributed by atoms with E-state index in [-0.39, 0.29) is 6.04 Å². The molecule has 0 amide bonds. The standard InChI is InChI=1S/C17H25NO3S/c1-5-12-18(13-6-2)17(16-10-8-7-9-11-16)14-15(3)21-22(4,19)20/h5-11,15,17H,1-2,12-14H2,3-4H3/t15-,17+/m1/s1. The molecule has 0 heterocycles. The van der Waals surface area contributed by atoms with Gasteiger partial charge in [-0.05, 0) is 18.9 Å². The molecule has 0 bridgehead atoms. The highest BCUT2D eigenvalue weighted by Crippen LogP contribution is 2.27. The van der Waals surface area contributed by atoms with E-state index >= 15 is 0 Å². The molecule has 1 rings (SSSR count). The van der Waals surface area contributed by atoms with Gasteiger partial charge in [0.2, 0.25) is 0 Å². The molecule has 2 atom stereocenters. The Kier molecular flexibility index (Phi) is 7.51. The van der Waals surface area contributed by atoms with Crippen LogP contribution in [0, 0.1) is 0 Å². The minimum atomic E-state index is -3.46. The Labute approximate surface area is 134 Å². The van der Waals surface area contributed by atoms with Crippen LogP contribution in [0.1, 0.15) is 24.9 Å². The van der Waals surface area contributed by atoms with Crippen LogP contribution < -0.4 is 0 Å². The summed E-state index contributed by atoms with van der Waals surface area (Å²) in [5.74, 6) is 0. The summed E-state index contributed by atoms with van der Waals surface area (Å²) in [6.07, 6.45) is 4.91. The summed E-state index contributed by atoms with van der Waals surface area (Å²) >= 11 is 0. The van der Waals surface area contributed by atoms with Gasteiger partial charge in [0, 0.05) is 19.1 Å². The van der Waals surface area contributed by atoms with Crippen molar-refractivity contribution in [2.75, 3.05) is 19.3 Å². The van der Waals surface area contributed by atoms with Gasteiger partial charge in [-0.2, -0.15) is 8.42 Å². The molecule has 0 N–H and O–H groups in total. The van der Waals surface area contributed by atoms with Crippen LogP contribution in [0.15, 0.2) is 55.6 Å². The van der Waals surface area contributed by atoms with E-state index in [0.29, 0.717) is 19.5 Å².